The van der Waals surface area contributed by atoms with Gasteiger partial charge in [-0.3, -0.25) is 0 Å². The normalized spacial score (nSPS) is 12.7. The molecule has 15 heavy (non-hydrogen) atoms. The molecule has 0 aromatic carbocycles. The Hall–Kier alpha value is -1.00. The van der Waals surface area contributed by atoms with E-state index in [1.54, 1.807) is 6.20 Å². The second kappa shape index (κ2) is 6.48. The number of nitrogens with zero attached hydrogens (tertiary/aromatic N) is 2. The van der Waals surface area contributed by atoms with Crippen molar-refractivity contribution in [1.29, 1.82) is 0 Å². The lowest BCUT2D eigenvalue weighted by Crippen LogP contribution is -2.26. The van der Waals surface area contributed by atoms with Gasteiger partial charge in [0.1, 0.15) is 5.82 Å². The first kappa shape index (κ1) is 12.1. The maximum atomic E-state index is 5.41. The summed E-state index contributed by atoms with van der Waals surface area (Å²) in [6, 6.07) is 1.92. The number of aromatic nitrogens is 2. The highest BCUT2D eigenvalue weighted by Crippen LogP contribution is 1.94. The van der Waals surface area contributed by atoms with Crippen LogP contribution < -0.4 is 5.32 Å². The lowest BCUT2D eigenvalue weighted by molar-refractivity contribution is 0.0759. The lowest BCUT2D eigenvalue weighted by Gasteiger charge is -2.12. The van der Waals surface area contributed by atoms with Gasteiger partial charge in [0.25, 0.3) is 0 Å². The molecule has 0 saturated carbocycles. The summed E-state index contributed by atoms with van der Waals surface area (Å²) < 4.78 is 5.41. The zero-order chi connectivity index (χ0) is 11.1. The molecule has 84 valence electrons. The van der Waals surface area contributed by atoms with Gasteiger partial charge in [-0.1, -0.05) is 0 Å². The van der Waals surface area contributed by atoms with Crippen LogP contribution in [-0.4, -0.2) is 29.2 Å². The fourth-order valence-electron chi connectivity index (χ4n) is 1.35. The van der Waals surface area contributed by atoms with Crippen LogP contribution in [-0.2, 0) is 11.3 Å². The molecule has 4 nitrogen and oxygen atoms in total. The Morgan fingerprint density at radius 3 is 3.00 bits per heavy atom. The van der Waals surface area contributed by atoms with E-state index in [0.29, 0.717) is 0 Å². The van der Waals surface area contributed by atoms with E-state index in [1.165, 1.54) is 0 Å². The van der Waals surface area contributed by atoms with Gasteiger partial charge in [0.15, 0.2) is 0 Å². The monoisotopic (exact) mass is 209 g/mol. The van der Waals surface area contributed by atoms with E-state index in [2.05, 4.69) is 22.2 Å². The largest absolute Gasteiger partial charge is 0.377 e. The molecule has 1 N–H and O–H groups in total. The van der Waals surface area contributed by atoms with Gasteiger partial charge >= 0.3 is 0 Å². The Bertz CT molecular complexity index is 291. The standard InChI is InChI=1S/C11H19N3O/c1-4-15-9(2)7-12-8-11-5-6-13-10(3)14-11/h5-6,9,12H,4,7-8H2,1-3H3. The summed E-state index contributed by atoms with van der Waals surface area (Å²) in [6.45, 7) is 8.32. The maximum absolute atomic E-state index is 5.41. The molecule has 0 fully saturated rings. The van der Waals surface area contributed by atoms with Crippen LogP contribution in [0.5, 0.6) is 0 Å². The SMILES string of the molecule is CCOC(C)CNCc1ccnc(C)n1. The minimum Gasteiger partial charge on any atom is -0.377 e. The van der Waals surface area contributed by atoms with Gasteiger partial charge in [0.05, 0.1) is 11.8 Å². The molecule has 0 aliphatic carbocycles. The van der Waals surface area contributed by atoms with E-state index in [-0.39, 0.29) is 6.10 Å². The predicted molar refractivity (Wildman–Crippen MR) is 59.6 cm³/mol. The molecule has 0 aliphatic rings. The number of aryl methyl sites for hydroxylation is 1. The highest BCUT2D eigenvalue weighted by atomic mass is 16.5. The summed E-state index contributed by atoms with van der Waals surface area (Å²) in [5, 5.41) is 3.30. The van der Waals surface area contributed by atoms with Crippen LogP contribution in [0, 0.1) is 6.92 Å². The summed E-state index contributed by atoms with van der Waals surface area (Å²) in [7, 11) is 0. The van der Waals surface area contributed by atoms with Crippen molar-refractivity contribution in [1.82, 2.24) is 15.3 Å². The minimum absolute atomic E-state index is 0.248. The number of hydrogen-bond donors (Lipinski definition) is 1. The fourth-order valence-corrected chi connectivity index (χ4v) is 1.35. The summed E-state index contributed by atoms with van der Waals surface area (Å²) in [5.41, 5.74) is 1.02. The van der Waals surface area contributed by atoms with Gasteiger partial charge in [-0.25, -0.2) is 9.97 Å². The Morgan fingerprint density at radius 1 is 1.53 bits per heavy atom. The zero-order valence-corrected chi connectivity index (χ0v) is 9.66. The minimum atomic E-state index is 0.248. The van der Waals surface area contributed by atoms with Crippen LogP contribution in [0.4, 0.5) is 0 Å². The fraction of sp³-hybridized carbons (Fsp3) is 0.636. The molecule has 1 aromatic rings. The zero-order valence-electron chi connectivity index (χ0n) is 9.66. The van der Waals surface area contributed by atoms with Crippen LogP contribution in [0.1, 0.15) is 25.4 Å². The van der Waals surface area contributed by atoms with E-state index >= 15 is 0 Å². The first-order valence-corrected chi connectivity index (χ1v) is 5.33. The quantitative estimate of drug-likeness (QED) is 0.767. The van der Waals surface area contributed by atoms with Gasteiger partial charge in [-0.2, -0.15) is 0 Å². The van der Waals surface area contributed by atoms with Crippen molar-refractivity contribution in [2.45, 2.75) is 33.4 Å². The van der Waals surface area contributed by atoms with E-state index in [4.69, 9.17) is 4.74 Å². The molecule has 0 amide bonds. The highest BCUT2D eigenvalue weighted by Gasteiger charge is 2.00. The smallest absolute Gasteiger partial charge is 0.125 e. The topological polar surface area (TPSA) is 47.0 Å². The summed E-state index contributed by atoms with van der Waals surface area (Å²) in [5.74, 6) is 0.812. The Labute approximate surface area is 91.1 Å². The molecule has 0 radical (unpaired) electrons. The third kappa shape index (κ3) is 4.85. The van der Waals surface area contributed by atoms with Crippen molar-refractivity contribution in [2.75, 3.05) is 13.2 Å². The molecule has 1 aromatic heterocycles. The maximum Gasteiger partial charge on any atom is 0.125 e. The van der Waals surface area contributed by atoms with Gasteiger partial charge < -0.3 is 10.1 Å². The molecule has 1 unspecified atom stereocenters. The number of hydrogen-bond acceptors (Lipinski definition) is 4. The van der Waals surface area contributed by atoms with Crippen molar-refractivity contribution in [3.8, 4) is 0 Å². The molecule has 0 spiro atoms. The van der Waals surface area contributed by atoms with Crippen molar-refractivity contribution in [3.63, 3.8) is 0 Å². The number of nitrogens with one attached hydrogen (secondary N) is 1. The summed E-state index contributed by atoms with van der Waals surface area (Å²) in [4.78, 5) is 8.35. The van der Waals surface area contributed by atoms with E-state index in [1.807, 2.05) is 19.9 Å². The van der Waals surface area contributed by atoms with Crippen molar-refractivity contribution >= 4 is 0 Å². The second-order valence-corrected chi connectivity index (χ2v) is 3.49. The molecule has 0 bridgehead atoms. The predicted octanol–water partition coefficient (Wildman–Crippen LogP) is 1.30. The molecule has 0 aliphatic heterocycles. The number of ether oxygens (including phenoxy) is 1. The van der Waals surface area contributed by atoms with Gasteiger partial charge in [-0.05, 0) is 26.8 Å². The van der Waals surface area contributed by atoms with Crippen molar-refractivity contribution in [3.05, 3.63) is 23.8 Å². The van der Waals surface area contributed by atoms with Gasteiger partial charge in [0, 0.05) is 25.9 Å². The van der Waals surface area contributed by atoms with Crippen LogP contribution in [0.25, 0.3) is 0 Å². The van der Waals surface area contributed by atoms with Gasteiger partial charge in [-0.15, -0.1) is 0 Å². The third-order valence-corrected chi connectivity index (χ3v) is 2.02. The highest BCUT2D eigenvalue weighted by molar-refractivity contribution is 5.00. The second-order valence-electron chi connectivity index (χ2n) is 3.49. The Morgan fingerprint density at radius 2 is 2.33 bits per heavy atom. The van der Waals surface area contributed by atoms with E-state index in [0.717, 1.165) is 31.2 Å². The first-order chi connectivity index (χ1) is 7.22. The Kier molecular flexibility index (Phi) is 5.21. The molecule has 1 rings (SSSR count). The third-order valence-electron chi connectivity index (χ3n) is 2.02. The van der Waals surface area contributed by atoms with E-state index in [9.17, 15) is 0 Å². The molecular formula is C11H19N3O. The van der Waals surface area contributed by atoms with Crippen molar-refractivity contribution < 1.29 is 4.74 Å². The van der Waals surface area contributed by atoms with Crippen LogP contribution in [0.2, 0.25) is 0 Å². The van der Waals surface area contributed by atoms with Crippen LogP contribution in [0.3, 0.4) is 0 Å². The van der Waals surface area contributed by atoms with Crippen LogP contribution >= 0.6 is 0 Å². The van der Waals surface area contributed by atoms with Crippen LogP contribution in [0.15, 0.2) is 12.3 Å². The average molecular weight is 209 g/mol. The Balaban J connectivity index is 2.25. The average Bonchev–Trinajstić information content (AvgIpc) is 2.18. The summed E-state index contributed by atoms with van der Waals surface area (Å²) in [6.07, 6.45) is 2.03. The summed E-state index contributed by atoms with van der Waals surface area (Å²) >= 11 is 0. The molecular weight excluding hydrogens is 190 g/mol. The van der Waals surface area contributed by atoms with Crippen molar-refractivity contribution in [2.24, 2.45) is 0 Å². The molecule has 1 heterocycles. The molecule has 1 atom stereocenters. The first-order valence-electron chi connectivity index (χ1n) is 5.33. The molecule has 4 heteroatoms. The van der Waals surface area contributed by atoms with E-state index < -0.39 is 0 Å². The van der Waals surface area contributed by atoms with Gasteiger partial charge in [0.2, 0.25) is 0 Å². The lowest BCUT2D eigenvalue weighted by atomic mass is 10.3. The molecule has 0 saturated heterocycles. The number of rotatable bonds is 6.